The number of thioether (sulfide) groups is 1. The van der Waals surface area contributed by atoms with Crippen LogP contribution >= 0.6 is 11.8 Å². The van der Waals surface area contributed by atoms with E-state index in [1.54, 1.807) is 0 Å². The SMILES string of the molecule is NC(CSc1ccc2c(c1)OCCO2)C(=O)O. The van der Waals surface area contributed by atoms with Crippen LogP contribution in [0.4, 0.5) is 0 Å². The Bertz CT molecular complexity index is 424. The lowest BCUT2D eigenvalue weighted by molar-refractivity contribution is -0.137. The predicted octanol–water partition coefficient (Wildman–Crippen LogP) is 0.962. The van der Waals surface area contributed by atoms with Crippen LogP contribution in [0.5, 0.6) is 11.5 Å². The van der Waals surface area contributed by atoms with Crippen LogP contribution in [0.15, 0.2) is 23.1 Å². The van der Waals surface area contributed by atoms with E-state index in [0.717, 1.165) is 10.6 Å². The molecule has 2 rings (SSSR count). The van der Waals surface area contributed by atoms with Crippen LogP contribution in [0.25, 0.3) is 0 Å². The molecule has 0 amide bonds. The molecule has 17 heavy (non-hydrogen) atoms. The zero-order valence-electron chi connectivity index (χ0n) is 9.09. The van der Waals surface area contributed by atoms with E-state index in [1.807, 2.05) is 18.2 Å². The topological polar surface area (TPSA) is 81.8 Å². The van der Waals surface area contributed by atoms with Gasteiger partial charge in [0.15, 0.2) is 11.5 Å². The first-order valence-electron chi connectivity index (χ1n) is 5.17. The molecule has 1 atom stereocenters. The molecule has 1 aromatic carbocycles. The summed E-state index contributed by atoms with van der Waals surface area (Å²) in [6.45, 7) is 1.10. The first kappa shape index (κ1) is 12.1. The van der Waals surface area contributed by atoms with Gasteiger partial charge in [0.25, 0.3) is 0 Å². The maximum atomic E-state index is 10.6. The van der Waals surface area contributed by atoms with Gasteiger partial charge in [-0.15, -0.1) is 11.8 Å². The Balaban J connectivity index is 2.00. The molecule has 0 saturated heterocycles. The molecule has 1 aliphatic heterocycles. The van der Waals surface area contributed by atoms with E-state index >= 15 is 0 Å². The Morgan fingerprint density at radius 3 is 2.82 bits per heavy atom. The highest BCUT2D eigenvalue weighted by Gasteiger charge is 2.14. The van der Waals surface area contributed by atoms with Gasteiger partial charge in [-0.1, -0.05) is 0 Å². The zero-order chi connectivity index (χ0) is 12.3. The molecule has 3 N–H and O–H groups in total. The van der Waals surface area contributed by atoms with E-state index in [9.17, 15) is 4.79 Å². The number of aliphatic carboxylic acids is 1. The normalized spacial score (nSPS) is 15.4. The van der Waals surface area contributed by atoms with E-state index in [-0.39, 0.29) is 0 Å². The summed E-state index contributed by atoms with van der Waals surface area (Å²) in [6, 6.07) is 4.68. The third-order valence-corrected chi connectivity index (χ3v) is 3.37. The molecule has 0 aromatic heterocycles. The summed E-state index contributed by atoms with van der Waals surface area (Å²) in [5.74, 6) is 0.762. The van der Waals surface area contributed by atoms with Crippen molar-refractivity contribution >= 4 is 17.7 Å². The van der Waals surface area contributed by atoms with Gasteiger partial charge in [0.1, 0.15) is 19.3 Å². The monoisotopic (exact) mass is 255 g/mol. The molecule has 1 aliphatic rings. The highest BCUT2D eigenvalue weighted by atomic mass is 32.2. The first-order valence-corrected chi connectivity index (χ1v) is 6.16. The summed E-state index contributed by atoms with van der Waals surface area (Å²) in [4.78, 5) is 11.5. The van der Waals surface area contributed by atoms with Gasteiger partial charge in [-0.05, 0) is 18.2 Å². The Labute approximate surface area is 103 Å². The van der Waals surface area contributed by atoms with Gasteiger partial charge in [0, 0.05) is 10.6 Å². The molecule has 92 valence electrons. The smallest absolute Gasteiger partial charge is 0.321 e. The van der Waals surface area contributed by atoms with E-state index in [2.05, 4.69) is 0 Å². The van der Waals surface area contributed by atoms with Crippen molar-refractivity contribution in [2.24, 2.45) is 5.73 Å². The molecule has 0 fully saturated rings. The number of carboxylic acid groups (broad SMARTS) is 1. The van der Waals surface area contributed by atoms with Crippen LogP contribution in [-0.4, -0.2) is 36.1 Å². The maximum absolute atomic E-state index is 10.6. The second-order valence-electron chi connectivity index (χ2n) is 3.56. The predicted molar refractivity (Wildman–Crippen MR) is 63.8 cm³/mol. The van der Waals surface area contributed by atoms with Crippen molar-refractivity contribution in [1.29, 1.82) is 0 Å². The molecule has 1 unspecified atom stereocenters. The van der Waals surface area contributed by atoms with Crippen LogP contribution in [0.1, 0.15) is 0 Å². The fourth-order valence-corrected chi connectivity index (χ4v) is 2.24. The summed E-state index contributed by atoms with van der Waals surface area (Å²) in [6.07, 6.45) is 0. The van der Waals surface area contributed by atoms with Gasteiger partial charge >= 0.3 is 5.97 Å². The molecule has 0 saturated carbocycles. The van der Waals surface area contributed by atoms with E-state index in [1.165, 1.54) is 11.8 Å². The van der Waals surface area contributed by atoms with E-state index < -0.39 is 12.0 Å². The largest absolute Gasteiger partial charge is 0.486 e. The van der Waals surface area contributed by atoms with Crippen LogP contribution in [0.2, 0.25) is 0 Å². The summed E-state index contributed by atoms with van der Waals surface area (Å²) >= 11 is 1.39. The standard InChI is InChI=1S/C11H13NO4S/c12-8(11(13)14)6-17-7-1-2-9-10(5-7)16-4-3-15-9/h1-2,5,8H,3-4,6,12H2,(H,13,14). The van der Waals surface area contributed by atoms with Crippen molar-refractivity contribution in [3.05, 3.63) is 18.2 Å². The molecule has 6 heteroatoms. The van der Waals surface area contributed by atoms with Crippen LogP contribution < -0.4 is 15.2 Å². The minimum Gasteiger partial charge on any atom is -0.486 e. The van der Waals surface area contributed by atoms with Crippen molar-refractivity contribution in [2.45, 2.75) is 10.9 Å². The van der Waals surface area contributed by atoms with Crippen LogP contribution in [0, 0.1) is 0 Å². The Morgan fingerprint density at radius 2 is 2.12 bits per heavy atom. The molecule has 0 radical (unpaired) electrons. The third-order valence-electron chi connectivity index (χ3n) is 2.26. The van der Waals surface area contributed by atoms with Gasteiger partial charge < -0.3 is 20.3 Å². The Kier molecular flexibility index (Phi) is 3.75. The lowest BCUT2D eigenvalue weighted by Crippen LogP contribution is -2.32. The van der Waals surface area contributed by atoms with Crippen LogP contribution in [0.3, 0.4) is 0 Å². The lowest BCUT2D eigenvalue weighted by atomic mass is 10.3. The number of ether oxygens (including phenoxy) is 2. The third kappa shape index (κ3) is 3.04. The molecule has 0 bridgehead atoms. The lowest BCUT2D eigenvalue weighted by Gasteiger charge is -2.18. The fraction of sp³-hybridized carbons (Fsp3) is 0.364. The van der Waals surface area contributed by atoms with Crippen molar-refractivity contribution in [3.63, 3.8) is 0 Å². The number of fused-ring (bicyclic) bond motifs is 1. The maximum Gasteiger partial charge on any atom is 0.321 e. The summed E-state index contributed by atoms with van der Waals surface area (Å²) < 4.78 is 10.8. The summed E-state index contributed by atoms with van der Waals surface area (Å²) in [5, 5.41) is 8.67. The number of rotatable bonds is 4. The van der Waals surface area contributed by atoms with Crippen molar-refractivity contribution in [1.82, 2.24) is 0 Å². The molecular formula is C11H13NO4S. The number of nitrogens with two attached hydrogens (primary N) is 1. The quantitative estimate of drug-likeness (QED) is 0.780. The van der Waals surface area contributed by atoms with Gasteiger partial charge in [-0.2, -0.15) is 0 Å². The van der Waals surface area contributed by atoms with Crippen LogP contribution in [-0.2, 0) is 4.79 Å². The van der Waals surface area contributed by atoms with Gasteiger partial charge in [-0.25, -0.2) is 0 Å². The highest BCUT2D eigenvalue weighted by Crippen LogP contribution is 2.34. The average Bonchev–Trinajstić information content (AvgIpc) is 2.35. The first-order chi connectivity index (χ1) is 8.16. The molecule has 0 aliphatic carbocycles. The average molecular weight is 255 g/mol. The molecule has 1 heterocycles. The molecule has 5 nitrogen and oxygen atoms in total. The summed E-state index contributed by atoms with van der Waals surface area (Å²) in [5.41, 5.74) is 5.43. The Hall–Kier alpha value is -1.40. The number of hydrogen-bond acceptors (Lipinski definition) is 5. The van der Waals surface area contributed by atoms with Crippen molar-refractivity contribution in [2.75, 3.05) is 19.0 Å². The highest BCUT2D eigenvalue weighted by molar-refractivity contribution is 7.99. The van der Waals surface area contributed by atoms with E-state index in [0.29, 0.717) is 24.7 Å². The molecular weight excluding hydrogens is 242 g/mol. The van der Waals surface area contributed by atoms with Gasteiger partial charge in [0.2, 0.25) is 0 Å². The number of hydrogen-bond donors (Lipinski definition) is 2. The number of carbonyl (C=O) groups is 1. The molecule has 0 spiro atoms. The molecule has 1 aromatic rings. The van der Waals surface area contributed by atoms with Crippen molar-refractivity contribution in [3.8, 4) is 11.5 Å². The fourth-order valence-electron chi connectivity index (χ4n) is 1.37. The van der Waals surface area contributed by atoms with Gasteiger partial charge in [0.05, 0.1) is 0 Å². The van der Waals surface area contributed by atoms with E-state index in [4.69, 9.17) is 20.3 Å². The Morgan fingerprint density at radius 1 is 1.41 bits per heavy atom. The number of carboxylic acids is 1. The number of benzene rings is 1. The second kappa shape index (κ2) is 5.29. The van der Waals surface area contributed by atoms with Gasteiger partial charge in [-0.3, -0.25) is 4.79 Å². The second-order valence-corrected chi connectivity index (χ2v) is 4.65. The zero-order valence-corrected chi connectivity index (χ0v) is 9.90. The minimum atomic E-state index is -0.991. The summed E-state index contributed by atoms with van der Waals surface area (Å²) in [7, 11) is 0. The minimum absolute atomic E-state index is 0.328. The van der Waals surface area contributed by atoms with Crippen molar-refractivity contribution < 1.29 is 19.4 Å².